The van der Waals surface area contributed by atoms with Crippen molar-refractivity contribution in [2.45, 2.75) is 68.4 Å². The molecule has 1 nitrogen and oxygen atoms in total. The number of benzene rings is 1. The highest BCUT2D eigenvalue weighted by molar-refractivity contribution is 8.00. The number of hydrogen-bond acceptors (Lipinski definition) is 2. The Balaban J connectivity index is 2.00. The van der Waals surface area contributed by atoms with Gasteiger partial charge in [-0.3, -0.25) is 0 Å². The third kappa shape index (κ3) is 2.51. The number of hydrogen-bond donors (Lipinski definition) is 1. The van der Waals surface area contributed by atoms with E-state index in [1.165, 1.54) is 0 Å². The van der Waals surface area contributed by atoms with Crippen molar-refractivity contribution in [3.05, 3.63) is 29.8 Å². The van der Waals surface area contributed by atoms with Crippen LogP contribution in [-0.2, 0) is 0 Å². The van der Waals surface area contributed by atoms with Crippen LogP contribution in [0.15, 0.2) is 29.2 Å². The van der Waals surface area contributed by atoms with E-state index in [2.05, 4.69) is 81.8 Å². The fourth-order valence-corrected chi connectivity index (χ4v) is 11.4. The molecule has 1 aromatic carbocycles. The van der Waals surface area contributed by atoms with Crippen LogP contribution in [0.2, 0.25) is 18.6 Å². The average molecular weight is 320 g/mol. The van der Waals surface area contributed by atoms with Crippen molar-refractivity contribution in [3.8, 4) is 0 Å². The predicted molar refractivity (Wildman–Crippen MR) is 96.7 cm³/mol. The van der Waals surface area contributed by atoms with Crippen molar-refractivity contribution < 1.29 is 0 Å². The second-order valence-electron chi connectivity index (χ2n) is 7.91. The molecule has 1 aromatic rings. The van der Waals surface area contributed by atoms with E-state index in [9.17, 15) is 0 Å². The van der Waals surface area contributed by atoms with Gasteiger partial charge in [0.2, 0.25) is 0 Å². The van der Waals surface area contributed by atoms with Gasteiger partial charge in [-0.25, -0.2) is 0 Å². The first kappa shape index (κ1) is 15.6. The van der Waals surface area contributed by atoms with E-state index in [1.807, 2.05) is 0 Å². The van der Waals surface area contributed by atoms with Gasteiger partial charge >= 0.3 is 0 Å². The van der Waals surface area contributed by atoms with Gasteiger partial charge in [0, 0.05) is 10.1 Å². The van der Waals surface area contributed by atoms with Crippen LogP contribution >= 0.6 is 11.8 Å². The van der Waals surface area contributed by atoms with Crippen LogP contribution in [0.1, 0.15) is 39.2 Å². The lowest BCUT2D eigenvalue weighted by Gasteiger charge is -2.39. The number of rotatable bonds is 3. The first-order valence-corrected chi connectivity index (χ1v) is 12.3. The van der Waals surface area contributed by atoms with Gasteiger partial charge in [0.15, 0.2) is 0 Å². The summed E-state index contributed by atoms with van der Waals surface area (Å²) in [4.78, 5) is 5.53. The maximum absolute atomic E-state index is 3.99. The molecule has 1 fully saturated rings. The van der Waals surface area contributed by atoms with Crippen LogP contribution in [0.4, 0.5) is 0 Å². The summed E-state index contributed by atoms with van der Waals surface area (Å²) in [5.41, 5.74) is 2.48. The Kier molecular flexibility index (Phi) is 4.04. The lowest BCUT2D eigenvalue weighted by molar-refractivity contribution is 0.451. The van der Waals surface area contributed by atoms with Crippen LogP contribution in [0.5, 0.6) is 0 Å². The first-order chi connectivity index (χ1) is 9.83. The summed E-state index contributed by atoms with van der Waals surface area (Å²) in [6.45, 7) is 14.7. The van der Waals surface area contributed by atoms with Gasteiger partial charge in [-0.05, 0) is 41.0 Å². The van der Waals surface area contributed by atoms with Crippen molar-refractivity contribution in [1.82, 2.24) is 4.98 Å². The minimum Gasteiger partial charge on any atom is -0.335 e. The topological polar surface area (TPSA) is 12.0 Å². The molecule has 21 heavy (non-hydrogen) atoms. The smallest absolute Gasteiger partial charge is 0.123 e. The average Bonchev–Trinajstić information content (AvgIpc) is 2.86. The molecule has 1 heterocycles. The maximum Gasteiger partial charge on any atom is 0.123 e. The maximum atomic E-state index is 3.99. The van der Waals surface area contributed by atoms with Gasteiger partial charge in [0.25, 0.3) is 0 Å². The molecule has 0 radical (unpaired) electrons. The molecule has 116 valence electrons. The molecule has 1 N–H and O–H groups in total. The van der Waals surface area contributed by atoms with E-state index >= 15 is 0 Å². The summed E-state index contributed by atoms with van der Waals surface area (Å²) >= 11 is 2.15. The van der Waals surface area contributed by atoms with Crippen molar-refractivity contribution in [3.63, 3.8) is 0 Å². The fraction of sp³-hybridized carbons (Fsp3) is 0.667. The van der Waals surface area contributed by atoms with E-state index in [4.69, 9.17) is 0 Å². The lowest BCUT2D eigenvalue weighted by Crippen LogP contribution is -2.54. The Labute approximate surface area is 135 Å². The Morgan fingerprint density at radius 2 is 1.76 bits per heavy atom. The molecule has 3 rings (SSSR count). The van der Waals surface area contributed by atoms with Gasteiger partial charge in [0.1, 0.15) is 8.24 Å². The van der Waals surface area contributed by atoms with Crippen LogP contribution in [0.25, 0.3) is 0 Å². The van der Waals surface area contributed by atoms with Gasteiger partial charge < -0.3 is 4.98 Å². The summed E-state index contributed by atoms with van der Waals surface area (Å²) < 4.78 is 0. The molecule has 1 aliphatic heterocycles. The zero-order valence-corrected chi connectivity index (χ0v) is 16.0. The molecular formula is C18H29NSSi. The zero-order chi connectivity index (χ0) is 15.4. The van der Waals surface area contributed by atoms with Crippen LogP contribution < -0.4 is 4.98 Å². The molecule has 3 heteroatoms. The SMILES string of the molecule is CC(C)N[Si](C)(C)C1C(C)C(C)C2Sc3ccccc3C21. The van der Waals surface area contributed by atoms with E-state index < -0.39 is 8.24 Å². The van der Waals surface area contributed by atoms with Gasteiger partial charge in [-0.1, -0.05) is 59.0 Å². The lowest BCUT2D eigenvalue weighted by atomic mass is 9.96. The molecule has 1 aliphatic carbocycles. The summed E-state index contributed by atoms with van der Waals surface area (Å²) in [5.74, 6) is 2.41. The van der Waals surface area contributed by atoms with Crippen molar-refractivity contribution in [2.75, 3.05) is 0 Å². The largest absolute Gasteiger partial charge is 0.335 e. The molecule has 5 unspecified atom stereocenters. The second kappa shape index (κ2) is 5.43. The number of nitrogens with one attached hydrogen (secondary N) is 1. The Hall–Kier alpha value is -0.253. The van der Waals surface area contributed by atoms with Crippen molar-refractivity contribution >= 4 is 20.0 Å². The highest BCUT2D eigenvalue weighted by Crippen LogP contribution is 2.64. The molecule has 0 aromatic heterocycles. The van der Waals surface area contributed by atoms with E-state index in [0.29, 0.717) is 6.04 Å². The van der Waals surface area contributed by atoms with Gasteiger partial charge in [0.05, 0.1) is 0 Å². The third-order valence-corrected chi connectivity index (χ3v) is 11.2. The Morgan fingerprint density at radius 1 is 1.10 bits per heavy atom. The number of thioether (sulfide) groups is 1. The third-order valence-electron chi connectivity index (χ3n) is 5.69. The van der Waals surface area contributed by atoms with Crippen LogP contribution in [0.3, 0.4) is 0 Å². The highest BCUT2D eigenvalue weighted by Gasteiger charge is 2.56. The van der Waals surface area contributed by atoms with E-state index in [1.54, 1.807) is 10.5 Å². The molecule has 2 aliphatic rings. The minimum atomic E-state index is -1.46. The first-order valence-electron chi connectivity index (χ1n) is 8.36. The molecule has 5 atom stereocenters. The Bertz CT molecular complexity index is 528. The normalized spacial score (nSPS) is 35.1. The standard InChI is InChI=1S/C18H29NSSi/c1-11(2)19-21(5,6)18-13(4)12(3)17-16(18)14-9-7-8-10-15(14)20-17/h7-13,16-19H,1-6H3. The molecule has 0 spiro atoms. The monoisotopic (exact) mass is 319 g/mol. The second-order valence-corrected chi connectivity index (χ2v) is 13.5. The van der Waals surface area contributed by atoms with Gasteiger partial charge in [-0.2, -0.15) is 0 Å². The Morgan fingerprint density at radius 3 is 2.43 bits per heavy atom. The zero-order valence-electron chi connectivity index (χ0n) is 14.2. The molecule has 0 amide bonds. The van der Waals surface area contributed by atoms with E-state index in [0.717, 1.165) is 28.5 Å². The van der Waals surface area contributed by atoms with E-state index in [-0.39, 0.29) is 0 Å². The van der Waals surface area contributed by atoms with Crippen molar-refractivity contribution in [2.24, 2.45) is 11.8 Å². The molecule has 0 saturated heterocycles. The molecule has 1 saturated carbocycles. The van der Waals surface area contributed by atoms with Crippen LogP contribution in [0, 0.1) is 11.8 Å². The quantitative estimate of drug-likeness (QED) is 0.778. The highest BCUT2D eigenvalue weighted by atomic mass is 32.2. The minimum absolute atomic E-state index is 0.595. The predicted octanol–water partition coefficient (Wildman–Crippen LogP) is 5.10. The number of fused-ring (bicyclic) bond motifs is 3. The summed E-state index contributed by atoms with van der Waals surface area (Å²) in [5, 5.41) is 0.795. The van der Waals surface area contributed by atoms with Crippen molar-refractivity contribution in [1.29, 1.82) is 0 Å². The molecular weight excluding hydrogens is 290 g/mol. The molecule has 0 bridgehead atoms. The van der Waals surface area contributed by atoms with Gasteiger partial charge in [-0.15, -0.1) is 11.8 Å². The fourth-order valence-electron chi connectivity index (χ4n) is 4.99. The van der Waals surface area contributed by atoms with Crippen LogP contribution in [-0.4, -0.2) is 19.5 Å². The summed E-state index contributed by atoms with van der Waals surface area (Å²) in [6, 6.07) is 9.75. The summed E-state index contributed by atoms with van der Waals surface area (Å²) in [7, 11) is -1.46. The summed E-state index contributed by atoms with van der Waals surface area (Å²) in [6.07, 6.45) is 0.